The van der Waals surface area contributed by atoms with E-state index in [-0.39, 0.29) is 11.5 Å². The summed E-state index contributed by atoms with van der Waals surface area (Å²) in [7, 11) is 0. The molecule has 0 amide bonds. The van der Waals surface area contributed by atoms with Crippen LogP contribution in [0.3, 0.4) is 0 Å². The number of carbonyl (C=O) groups is 1. The van der Waals surface area contributed by atoms with Crippen LogP contribution in [0.15, 0.2) is 0 Å². The van der Waals surface area contributed by atoms with Gasteiger partial charge in [0.15, 0.2) is 0 Å². The van der Waals surface area contributed by atoms with Crippen LogP contribution in [0.2, 0.25) is 0 Å². The molecule has 102 valence electrons. The van der Waals surface area contributed by atoms with Crippen LogP contribution in [0.1, 0.15) is 77.0 Å². The number of hydrogen-bond acceptors (Lipinski definition) is 2. The summed E-state index contributed by atoms with van der Waals surface area (Å²) in [5.74, 6) is 0.505. The summed E-state index contributed by atoms with van der Waals surface area (Å²) in [5, 5.41) is 0. The molecule has 3 aliphatic rings. The van der Waals surface area contributed by atoms with Crippen molar-refractivity contribution in [1.29, 1.82) is 0 Å². The predicted molar refractivity (Wildman–Crippen MR) is 71.5 cm³/mol. The van der Waals surface area contributed by atoms with E-state index in [4.69, 9.17) is 4.74 Å². The minimum absolute atomic E-state index is 0.0477. The molecule has 0 bridgehead atoms. The largest absolute Gasteiger partial charge is 0.373 e. The second-order valence-electron chi connectivity index (χ2n) is 6.58. The fraction of sp³-hybridized carbons (Fsp3) is 0.938. The van der Waals surface area contributed by atoms with Crippen molar-refractivity contribution in [2.24, 2.45) is 5.41 Å². The number of ether oxygens (including phenoxy) is 1. The van der Waals surface area contributed by atoms with Crippen LogP contribution < -0.4 is 0 Å². The van der Waals surface area contributed by atoms with Crippen LogP contribution in [0, 0.1) is 5.41 Å². The van der Waals surface area contributed by atoms with Gasteiger partial charge >= 0.3 is 0 Å². The van der Waals surface area contributed by atoms with E-state index in [9.17, 15) is 4.79 Å². The van der Waals surface area contributed by atoms with Gasteiger partial charge in [-0.15, -0.1) is 0 Å². The highest BCUT2D eigenvalue weighted by atomic mass is 16.5. The molecule has 0 radical (unpaired) electrons. The minimum Gasteiger partial charge on any atom is -0.373 e. The predicted octanol–water partition coefficient (Wildman–Crippen LogP) is 4.02. The molecule has 0 saturated heterocycles. The third-order valence-electron chi connectivity index (χ3n) is 5.45. The lowest BCUT2D eigenvalue weighted by atomic mass is 9.60. The van der Waals surface area contributed by atoms with Gasteiger partial charge in [0, 0.05) is 6.42 Å². The molecule has 1 atom stereocenters. The molecule has 0 aliphatic heterocycles. The van der Waals surface area contributed by atoms with Crippen LogP contribution in [0.25, 0.3) is 0 Å². The summed E-state index contributed by atoms with van der Waals surface area (Å²) in [6, 6.07) is 0. The topological polar surface area (TPSA) is 26.3 Å². The maximum absolute atomic E-state index is 12.1. The first-order valence-electron chi connectivity index (χ1n) is 8.00. The maximum Gasteiger partial charge on any atom is 0.144 e. The zero-order valence-corrected chi connectivity index (χ0v) is 11.5. The van der Waals surface area contributed by atoms with Crippen molar-refractivity contribution in [3.63, 3.8) is 0 Å². The smallest absolute Gasteiger partial charge is 0.144 e. The summed E-state index contributed by atoms with van der Waals surface area (Å²) >= 11 is 0. The van der Waals surface area contributed by atoms with Crippen LogP contribution >= 0.6 is 0 Å². The number of Topliss-reactive ketones (excluding diaryl/α,β-unsaturated/α-hetero) is 1. The highest BCUT2D eigenvalue weighted by molar-refractivity contribution is 5.92. The highest BCUT2D eigenvalue weighted by Crippen LogP contribution is 2.50. The quantitative estimate of drug-likeness (QED) is 0.740. The van der Waals surface area contributed by atoms with Crippen LogP contribution in [0.4, 0.5) is 0 Å². The Morgan fingerprint density at radius 1 is 0.889 bits per heavy atom. The molecular weight excluding hydrogens is 224 g/mol. The Morgan fingerprint density at radius 2 is 1.50 bits per heavy atom. The van der Waals surface area contributed by atoms with E-state index in [1.165, 1.54) is 57.8 Å². The van der Waals surface area contributed by atoms with E-state index in [1.54, 1.807) is 0 Å². The molecule has 3 saturated carbocycles. The molecule has 3 aliphatic carbocycles. The zero-order valence-electron chi connectivity index (χ0n) is 11.5. The van der Waals surface area contributed by atoms with Gasteiger partial charge in [-0.2, -0.15) is 0 Å². The third kappa shape index (κ3) is 2.24. The lowest BCUT2D eigenvalue weighted by molar-refractivity contribution is -0.177. The van der Waals surface area contributed by atoms with Gasteiger partial charge in [0.25, 0.3) is 0 Å². The first-order valence-corrected chi connectivity index (χ1v) is 8.00. The Hall–Kier alpha value is -0.370. The van der Waals surface area contributed by atoms with Gasteiger partial charge in [0.05, 0.1) is 17.6 Å². The molecule has 3 fully saturated rings. The zero-order chi connectivity index (χ0) is 12.4. The van der Waals surface area contributed by atoms with Gasteiger partial charge in [-0.3, -0.25) is 4.79 Å². The third-order valence-corrected chi connectivity index (χ3v) is 5.45. The van der Waals surface area contributed by atoms with E-state index >= 15 is 0 Å². The fourth-order valence-corrected chi connectivity index (χ4v) is 4.19. The Kier molecular flexibility index (Phi) is 3.74. The highest BCUT2D eigenvalue weighted by Gasteiger charge is 2.55. The van der Waals surface area contributed by atoms with Crippen molar-refractivity contribution in [3.8, 4) is 0 Å². The summed E-state index contributed by atoms with van der Waals surface area (Å²) < 4.78 is 6.33. The van der Waals surface area contributed by atoms with Gasteiger partial charge in [0.1, 0.15) is 5.78 Å². The Balaban J connectivity index is 1.62. The van der Waals surface area contributed by atoms with E-state index in [1.807, 2.05) is 0 Å². The normalized spacial score (nSPS) is 33.1. The Bertz CT molecular complexity index is 296. The molecule has 0 aromatic rings. The molecule has 0 aromatic carbocycles. The second kappa shape index (κ2) is 5.32. The summed E-state index contributed by atoms with van der Waals surface area (Å²) in [5.41, 5.74) is -0.0477. The standard InChI is InChI=1S/C16H26O2/c17-14-12-15(18-13-8-4-3-5-9-13)16(14)10-6-1-2-7-11-16/h13,15H,1-12H2. The summed E-state index contributed by atoms with van der Waals surface area (Å²) in [6.45, 7) is 0. The lowest BCUT2D eigenvalue weighted by Gasteiger charge is -2.48. The van der Waals surface area contributed by atoms with Gasteiger partial charge in [-0.25, -0.2) is 0 Å². The van der Waals surface area contributed by atoms with Gasteiger partial charge in [-0.05, 0) is 25.7 Å². The molecule has 2 heteroatoms. The van der Waals surface area contributed by atoms with Gasteiger partial charge in [-0.1, -0.05) is 44.9 Å². The first-order chi connectivity index (χ1) is 8.81. The van der Waals surface area contributed by atoms with E-state index in [0.717, 1.165) is 12.8 Å². The van der Waals surface area contributed by atoms with Crippen molar-refractivity contribution in [2.45, 2.75) is 89.3 Å². The van der Waals surface area contributed by atoms with Crippen LogP contribution in [-0.4, -0.2) is 18.0 Å². The fourth-order valence-electron chi connectivity index (χ4n) is 4.19. The van der Waals surface area contributed by atoms with Crippen molar-refractivity contribution < 1.29 is 9.53 Å². The molecule has 0 heterocycles. The Labute approximate surface area is 110 Å². The number of hydrogen-bond donors (Lipinski definition) is 0. The lowest BCUT2D eigenvalue weighted by Crippen LogP contribution is -2.56. The van der Waals surface area contributed by atoms with Crippen molar-refractivity contribution >= 4 is 5.78 Å². The SMILES string of the molecule is O=C1CC(OC2CCCCC2)C12CCCCCC2. The van der Waals surface area contributed by atoms with Crippen molar-refractivity contribution in [2.75, 3.05) is 0 Å². The van der Waals surface area contributed by atoms with Crippen LogP contribution in [0.5, 0.6) is 0 Å². The molecule has 1 unspecified atom stereocenters. The minimum atomic E-state index is -0.0477. The number of carbonyl (C=O) groups excluding carboxylic acids is 1. The molecule has 2 nitrogen and oxygen atoms in total. The molecule has 18 heavy (non-hydrogen) atoms. The van der Waals surface area contributed by atoms with Crippen molar-refractivity contribution in [1.82, 2.24) is 0 Å². The average Bonchev–Trinajstić information content (AvgIpc) is 2.67. The van der Waals surface area contributed by atoms with Gasteiger partial charge < -0.3 is 4.74 Å². The number of ketones is 1. The molecule has 0 N–H and O–H groups in total. The Morgan fingerprint density at radius 3 is 2.11 bits per heavy atom. The molecule has 3 rings (SSSR count). The van der Waals surface area contributed by atoms with E-state index in [0.29, 0.717) is 18.3 Å². The molecule has 0 aromatic heterocycles. The van der Waals surface area contributed by atoms with Gasteiger partial charge in [0.2, 0.25) is 0 Å². The monoisotopic (exact) mass is 250 g/mol. The first kappa shape index (κ1) is 12.7. The van der Waals surface area contributed by atoms with Crippen LogP contribution in [-0.2, 0) is 9.53 Å². The van der Waals surface area contributed by atoms with E-state index in [2.05, 4.69) is 0 Å². The number of rotatable bonds is 2. The van der Waals surface area contributed by atoms with Crippen molar-refractivity contribution in [3.05, 3.63) is 0 Å². The second-order valence-corrected chi connectivity index (χ2v) is 6.58. The summed E-state index contributed by atoms with van der Waals surface area (Å²) in [6.07, 6.45) is 15.2. The maximum atomic E-state index is 12.1. The average molecular weight is 250 g/mol. The van der Waals surface area contributed by atoms with E-state index < -0.39 is 0 Å². The molecule has 1 spiro atoms. The molecular formula is C16H26O2. The summed E-state index contributed by atoms with van der Waals surface area (Å²) in [4.78, 5) is 12.1.